The zero-order valence-electron chi connectivity index (χ0n) is 15.7. The van der Waals surface area contributed by atoms with Gasteiger partial charge in [0.05, 0.1) is 6.61 Å². The van der Waals surface area contributed by atoms with Gasteiger partial charge in [0.15, 0.2) is 0 Å². The normalized spacial score (nSPS) is 11.5. The van der Waals surface area contributed by atoms with E-state index in [1.165, 1.54) is 0 Å². The molecule has 0 spiro atoms. The van der Waals surface area contributed by atoms with Crippen LogP contribution in [0.15, 0.2) is 60.7 Å². The molecule has 2 amide bonds. The fourth-order valence-corrected chi connectivity index (χ4v) is 2.47. The molecule has 0 radical (unpaired) electrons. The third-order valence-corrected chi connectivity index (χ3v) is 3.98. The van der Waals surface area contributed by atoms with Gasteiger partial charge in [-0.15, -0.1) is 0 Å². The van der Waals surface area contributed by atoms with Crippen LogP contribution in [0.25, 0.3) is 0 Å². The molecule has 7 heteroatoms. The fraction of sp³-hybridized carbons (Fsp3) is 0.333. The van der Waals surface area contributed by atoms with Crippen molar-refractivity contribution < 1.29 is 24.3 Å². The first-order valence-corrected chi connectivity index (χ1v) is 9.22. The zero-order chi connectivity index (χ0) is 20.0. The van der Waals surface area contributed by atoms with Gasteiger partial charge in [-0.1, -0.05) is 60.7 Å². The second kappa shape index (κ2) is 12.5. The molecular formula is C21H26N2O5. The van der Waals surface area contributed by atoms with E-state index in [-0.39, 0.29) is 19.8 Å². The number of hydroxylamine groups is 1. The van der Waals surface area contributed by atoms with Crippen molar-refractivity contribution in [2.45, 2.75) is 38.5 Å². The Morgan fingerprint density at radius 1 is 0.893 bits per heavy atom. The number of nitrogens with one attached hydrogen (secondary N) is 2. The molecule has 0 saturated carbocycles. The Balaban J connectivity index is 1.81. The van der Waals surface area contributed by atoms with Crippen molar-refractivity contribution in [3.8, 4) is 0 Å². The van der Waals surface area contributed by atoms with Crippen LogP contribution in [0.3, 0.4) is 0 Å². The Morgan fingerprint density at radius 2 is 1.50 bits per heavy atom. The van der Waals surface area contributed by atoms with E-state index >= 15 is 0 Å². The van der Waals surface area contributed by atoms with Gasteiger partial charge in [0.2, 0.25) is 0 Å². The molecule has 0 saturated heterocycles. The molecule has 2 rings (SSSR count). The number of hydrogen-bond donors (Lipinski definition) is 3. The Labute approximate surface area is 164 Å². The largest absolute Gasteiger partial charge is 0.445 e. The number of amides is 2. The first-order valence-electron chi connectivity index (χ1n) is 9.22. The highest BCUT2D eigenvalue weighted by atomic mass is 16.7. The molecule has 7 nitrogen and oxygen atoms in total. The van der Waals surface area contributed by atoms with Gasteiger partial charge in [-0.3, -0.25) is 9.63 Å². The lowest BCUT2D eigenvalue weighted by Crippen LogP contribution is -2.46. The van der Waals surface area contributed by atoms with Gasteiger partial charge < -0.3 is 15.2 Å². The highest BCUT2D eigenvalue weighted by Gasteiger charge is 2.21. The van der Waals surface area contributed by atoms with Gasteiger partial charge >= 0.3 is 6.09 Å². The molecule has 0 heterocycles. The van der Waals surface area contributed by atoms with Crippen LogP contribution in [0.1, 0.15) is 30.4 Å². The van der Waals surface area contributed by atoms with Gasteiger partial charge in [0.25, 0.3) is 5.91 Å². The molecule has 1 atom stereocenters. The third-order valence-electron chi connectivity index (χ3n) is 3.98. The number of ether oxygens (including phenoxy) is 1. The summed E-state index contributed by atoms with van der Waals surface area (Å²) in [6.45, 7) is 0.355. The maximum absolute atomic E-state index is 12.4. The molecule has 0 aliphatic heterocycles. The van der Waals surface area contributed by atoms with Crippen LogP contribution in [0, 0.1) is 0 Å². The highest BCUT2D eigenvalue weighted by Crippen LogP contribution is 2.05. The van der Waals surface area contributed by atoms with E-state index in [0.717, 1.165) is 11.1 Å². The van der Waals surface area contributed by atoms with Crippen molar-refractivity contribution in [3.63, 3.8) is 0 Å². The Morgan fingerprint density at radius 3 is 2.11 bits per heavy atom. The predicted octanol–water partition coefficient (Wildman–Crippen LogP) is 2.69. The zero-order valence-corrected chi connectivity index (χ0v) is 15.7. The average molecular weight is 386 g/mol. The van der Waals surface area contributed by atoms with Gasteiger partial charge in [0.1, 0.15) is 12.6 Å². The summed E-state index contributed by atoms with van der Waals surface area (Å²) in [6.07, 6.45) is 0.791. The number of rotatable bonds is 11. The van der Waals surface area contributed by atoms with Crippen LogP contribution in [-0.4, -0.2) is 29.8 Å². The summed E-state index contributed by atoms with van der Waals surface area (Å²) in [6, 6.07) is 17.9. The molecule has 0 aliphatic carbocycles. The minimum Gasteiger partial charge on any atom is -0.445 e. The van der Waals surface area contributed by atoms with Crippen molar-refractivity contribution in [3.05, 3.63) is 71.8 Å². The van der Waals surface area contributed by atoms with Crippen molar-refractivity contribution in [1.82, 2.24) is 10.8 Å². The predicted molar refractivity (Wildman–Crippen MR) is 104 cm³/mol. The minimum absolute atomic E-state index is 0.0251. The summed E-state index contributed by atoms with van der Waals surface area (Å²) < 4.78 is 5.17. The molecule has 0 fully saturated rings. The summed E-state index contributed by atoms with van der Waals surface area (Å²) in [7, 11) is 0. The Kier molecular flexibility index (Phi) is 9.54. The van der Waals surface area contributed by atoms with Crippen LogP contribution in [0.4, 0.5) is 4.79 Å². The SMILES string of the molecule is O=C(N[C@@H](CCCCO)C(=O)NOCc1ccccc1)OCc1ccccc1. The Hall–Kier alpha value is -2.90. The van der Waals surface area contributed by atoms with Crippen LogP contribution in [0.5, 0.6) is 0 Å². The van der Waals surface area contributed by atoms with Gasteiger partial charge in [-0.25, -0.2) is 10.3 Å². The van der Waals surface area contributed by atoms with Crippen LogP contribution in [0.2, 0.25) is 0 Å². The number of alkyl carbamates (subject to hydrolysis) is 1. The number of unbranched alkanes of at least 4 members (excludes halogenated alkanes) is 1. The summed E-state index contributed by atoms with van der Waals surface area (Å²) in [4.78, 5) is 29.7. The number of hydrogen-bond acceptors (Lipinski definition) is 5. The van der Waals surface area contributed by atoms with Crippen molar-refractivity contribution in [2.24, 2.45) is 0 Å². The minimum atomic E-state index is -0.814. The smallest absolute Gasteiger partial charge is 0.408 e. The van der Waals surface area contributed by atoms with Crippen LogP contribution in [-0.2, 0) is 27.6 Å². The van der Waals surface area contributed by atoms with Crippen LogP contribution >= 0.6 is 0 Å². The summed E-state index contributed by atoms with van der Waals surface area (Å²) in [5, 5.41) is 11.5. The lowest BCUT2D eigenvalue weighted by Gasteiger charge is -2.18. The molecule has 2 aromatic carbocycles. The van der Waals surface area contributed by atoms with Crippen molar-refractivity contribution >= 4 is 12.0 Å². The first kappa shape index (κ1) is 21.4. The number of benzene rings is 2. The average Bonchev–Trinajstić information content (AvgIpc) is 2.73. The lowest BCUT2D eigenvalue weighted by atomic mass is 10.1. The second-order valence-corrected chi connectivity index (χ2v) is 6.22. The standard InChI is InChI=1S/C21H26N2O5/c24-14-8-7-13-19(20(25)23-28-16-18-11-5-2-6-12-18)22-21(26)27-15-17-9-3-1-4-10-17/h1-6,9-12,19,24H,7-8,13-16H2,(H,22,26)(H,23,25)/t19-/m0/s1. The monoisotopic (exact) mass is 386 g/mol. The second-order valence-electron chi connectivity index (χ2n) is 6.22. The summed E-state index contributed by atoms with van der Waals surface area (Å²) in [5.74, 6) is -0.467. The molecule has 0 aromatic heterocycles. The molecule has 0 unspecified atom stereocenters. The van der Waals surface area contributed by atoms with Crippen molar-refractivity contribution in [1.29, 1.82) is 0 Å². The maximum Gasteiger partial charge on any atom is 0.408 e. The van der Waals surface area contributed by atoms with Crippen LogP contribution < -0.4 is 10.8 Å². The summed E-state index contributed by atoms with van der Waals surface area (Å²) >= 11 is 0. The van der Waals surface area contributed by atoms with E-state index in [0.29, 0.717) is 19.3 Å². The van der Waals surface area contributed by atoms with Gasteiger partial charge in [0, 0.05) is 6.61 Å². The fourth-order valence-electron chi connectivity index (χ4n) is 2.47. The first-order chi connectivity index (χ1) is 13.7. The van der Waals surface area contributed by atoms with Gasteiger partial charge in [-0.2, -0.15) is 0 Å². The van der Waals surface area contributed by atoms with E-state index in [4.69, 9.17) is 14.7 Å². The van der Waals surface area contributed by atoms with E-state index in [1.807, 2.05) is 60.7 Å². The third kappa shape index (κ3) is 8.20. The Bertz CT molecular complexity index is 709. The molecular weight excluding hydrogens is 360 g/mol. The van der Waals surface area contributed by atoms with E-state index in [2.05, 4.69) is 10.8 Å². The van der Waals surface area contributed by atoms with E-state index in [9.17, 15) is 9.59 Å². The lowest BCUT2D eigenvalue weighted by molar-refractivity contribution is -0.136. The number of aliphatic hydroxyl groups is 1. The van der Waals surface area contributed by atoms with Crippen molar-refractivity contribution in [2.75, 3.05) is 6.61 Å². The summed E-state index contributed by atoms with van der Waals surface area (Å²) in [5.41, 5.74) is 4.13. The molecule has 150 valence electrons. The molecule has 28 heavy (non-hydrogen) atoms. The number of aliphatic hydroxyl groups excluding tert-OH is 1. The molecule has 0 aliphatic rings. The molecule has 2 aromatic rings. The van der Waals surface area contributed by atoms with E-state index in [1.54, 1.807) is 0 Å². The van der Waals surface area contributed by atoms with E-state index < -0.39 is 18.0 Å². The maximum atomic E-state index is 12.4. The molecule has 0 bridgehead atoms. The number of carbonyl (C=O) groups is 2. The quantitative estimate of drug-likeness (QED) is 0.408. The highest BCUT2D eigenvalue weighted by molar-refractivity contribution is 5.84. The number of carbonyl (C=O) groups excluding carboxylic acids is 2. The van der Waals surface area contributed by atoms with Gasteiger partial charge in [-0.05, 0) is 30.4 Å². The molecule has 3 N–H and O–H groups in total. The topological polar surface area (TPSA) is 96.9 Å².